The van der Waals surface area contributed by atoms with Gasteiger partial charge in [0.25, 0.3) is 15.9 Å². The van der Waals surface area contributed by atoms with E-state index >= 15 is 0 Å². The number of aromatic nitrogens is 1. The Morgan fingerprint density at radius 3 is 2.36 bits per heavy atom. The van der Waals surface area contributed by atoms with Gasteiger partial charge < -0.3 is 14.5 Å². The van der Waals surface area contributed by atoms with Gasteiger partial charge in [0.15, 0.2) is 0 Å². The molecule has 3 aromatic carbocycles. The van der Waals surface area contributed by atoms with Crippen LogP contribution < -0.4 is 9.46 Å². The van der Waals surface area contributed by atoms with Crippen molar-refractivity contribution in [2.24, 2.45) is 0 Å². The molecule has 2 heterocycles. The first kappa shape index (κ1) is 26.2. The summed E-state index contributed by atoms with van der Waals surface area (Å²) >= 11 is 0. The molecule has 9 nitrogen and oxygen atoms in total. The number of nitrogens with zero attached hydrogens (tertiary/aromatic N) is 3. The van der Waals surface area contributed by atoms with E-state index in [-0.39, 0.29) is 28.1 Å². The molecule has 2 amide bonds. The fraction of sp³-hybridized carbons (Fsp3) is 0.207. The largest absolute Gasteiger partial charge is 0.496 e. The molecule has 1 N–H and O–H groups in total. The topological polar surface area (TPSA) is 109 Å². The average molecular weight is 545 g/mol. The summed E-state index contributed by atoms with van der Waals surface area (Å²) in [5, 5.41) is 0.709. The van der Waals surface area contributed by atoms with Crippen LogP contribution in [0.4, 0.5) is 5.69 Å². The summed E-state index contributed by atoms with van der Waals surface area (Å²) in [5.74, 6) is 0.0393. The first-order valence-corrected chi connectivity index (χ1v) is 14.0. The zero-order chi connectivity index (χ0) is 27.4. The van der Waals surface area contributed by atoms with Crippen molar-refractivity contribution in [1.29, 1.82) is 0 Å². The van der Waals surface area contributed by atoms with E-state index in [2.05, 4.69) is 9.71 Å². The minimum absolute atomic E-state index is 0.0314. The second kappa shape index (κ2) is 11.1. The molecule has 1 fully saturated rings. The van der Waals surface area contributed by atoms with E-state index in [0.717, 1.165) is 5.56 Å². The fourth-order valence-electron chi connectivity index (χ4n) is 4.65. The van der Waals surface area contributed by atoms with Crippen LogP contribution in [0.2, 0.25) is 0 Å². The van der Waals surface area contributed by atoms with Gasteiger partial charge >= 0.3 is 0 Å². The summed E-state index contributed by atoms with van der Waals surface area (Å²) in [7, 11) is -2.53. The third-order valence-electron chi connectivity index (χ3n) is 6.69. The molecular weight excluding hydrogens is 516 g/mol. The number of carbonyl (C=O) groups excluding carboxylic acids is 2. The van der Waals surface area contributed by atoms with Gasteiger partial charge in [-0.3, -0.25) is 19.3 Å². The maximum Gasteiger partial charge on any atom is 0.264 e. The average Bonchev–Trinajstić information content (AvgIpc) is 2.96. The monoisotopic (exact) mass is 544 g/mol. The number of para-hydroxylation sites is 1. The smallest absolute Gasteiger partial charge is 0.264 e. The molecule has 0 aliphatic carbocycles. The van der Waals surface area contributed by atoms with Crippen LogP contribution in [0.25, 0.3) is 10.9 Å². The molecule has 200 valence electrons. The summed E-state index contributed by atoms with van der Waals surface area (Å²) in [6, 6.07) is 22.6. The van der Waals surface area contributed by atoms with Crippen molar-refractivity contribution in [1.82, 2.24) is 14.8 Å². The van der Waals surface area contributed by atoms with Gasteiger partial charge in [-0.05, 0) is 29.8 Å². The van der Waals surface area contributed by atoms with Crippen molar-refractivity contribution in [3.63, 3.8) is 0 Å². The van der Waals surface area contributed by atoms with Crippen molar-refractivity contribution in [2.45, 2.75) is 11.3 Å². The normalized spacial score (nSPS) is 13.8. The molecule has 4 aromatic rings. The highest BCUT2D eigenvalue weighted by Crippen LogP contribution is 2.28. The molecule has 0 radical (unpaired) electrons. The Morgan fingerprint density at radius 2 is 1.62 bits per heavy atom. The maximum atomic E-state index is 13.3. The molecule has 0 atom stereocenters. The van der Waals surface area contributed by atoms with Gasteiger partial charge in [-0.15, -0.1) is 0 Å². The minimum atomic E-state index is -3.96. The van der Waals surface area contributed by atoms with E-state index in [9.17, 15) is 18.0 Å². The maximum absolute atomic E-state index is 13.3. The number of sulfonamides is 1. The summed E-state index contributed by atoms with van der Waals surface area (Å²) in [5.41, 5.74) is 1.90. The molecule has 1 aromatic heterocycles. The van der Waals surface area contributed by atoms with Crippen LogP contribution in [0.1, 0.15) is 15.9 Å². The first-order valence-electron chi connectivity index (χ1n) is 12.5. The van der Waals surface area contributed by atoms with Gasteiger partial charge in [0.1, 0.15) is 10.6 Å². The van der Waals surface area contributed by atoms with Gasteiger partial charge in [-0.25, -0.2) is 8.42 Å². The Labute approximate surface area is 227 Å². The van der Waals surface area contributed by atoms with Crippen molar-refractivity contribution >= 4 is 38.4 Å². The molecule has 0 saturated carbocycles. The van der Waals surface area contributed by atoms with Gasteiger partial charge in [0.05, 0.1) is 30.3 Å². The van der Waals surface area contributed by atoms with Gasteiger partial charge in [0, 0.05) is 43.8 Å². The number of amides is 2. The van der Waals surface area contributed by atoms with Crippen molar-refractivity contribution in [3.8, 4) is 5.75 Å². The predicted molar refractivity (Wildman–Crippen MR) is 148 cm³/mol. The number of anilines is 1. The van der Waals surface area contributed by atoms with Gasteiger partial charge in [0.2, 0.25) is 5.91 Å². The Bertz CT molecular complexity index is 1610. The highest BCUT2D eigenvalue weighted by atomic mass is 32.2. The Hall–Kier alpha value is -4.44. The van der Waals surface area contributed by atoms with Gasteiger partial charge in [-0.2, -0.15) is 0 Å². The second-order valence-corrected chi connectivity index (χ2v) is 10.8. The molecule has 39 heavy (non-hydrogen) atoms. The van der Waals surface area contributed by atoms with Crippen LogP contribution in [-0.4, -0.2) is 68.3 Å². The van der Waals surface area contributed by atoms with E-state index in [1.54, 1.807) is 46.3 Å². The summed E-state index contributed by atoms with van der Waals surface area (Å²) in [6.07, 6.45) is 1.87. The number of nitrogens with one attached hydrogen (secondary N) is 1. The number of carbonyl (C=O) groups is 2. The zero-order valence-electron chi connectivity index (χ0n) is 21.4. The van der Waals surface area contributed by atoms with E-state index in [1.807, 2.05) is 30.3 Å². The standard InChI is InChI=1S/C29H28N4O5S/c1-38-25-20-23(31-39(36,37)26-11-5-9-22-10-6-14-30-28(22)26)12-13-24(25)29(35)33-17-15-32(16-18-33)27(34)19-21-7-3-2-4-8-21/h2-14,20,31H,15-19H2,1H3. The lowest BCUT2D eigenvalue weighted by atomic mass is 10.1. The number of hydrogen-bond donors (Lipinski definition) is 1. The van der Waals surface area contributed by atoms with Crippen molar-refractivity contribution in [2.75, 3.05) is 38.0 Å². The highest BCUT2D eigenvalue weighted by Gasteiger charge is 2.27. The molecule has 1 saturated heterocycles. The SMILES string of the molecule is COc1cc(NS(=O)(=O)c2cccc3cccnc23)ccc1C(=O)N1CCN(C(=O)Cc2ccccc2)CC1. The molecule has 0 unspecified atom stereocenters. The Balaban J connectivity index is 1.27. The highest BCUT2D eigenvalue weighted by molar-refractivity contribution is 7.93. The molecule has 1 aliphatic heterocycles. The first-order chi connectivity index (χ1) is 18.9. The predicted octanol–water partition coefficient (Wildman–Crippen LogP) is 3.57. The van der Waals surface area contributed by atoms with Crippen molar-refractivity contribution < 1.29 is 22.7 Å². The molecular formula is C29H28N4O5S. The molecule has 1 aliphatic rings. The van der Waals surface area contributed by atoms with E-state index in [0.29, 0.717) is 49.1 Å². The third-order valence-corrected chi connectivity index (χ3v) is 8.10. The lowest BCUT2D eigenvalue weighted by molar-refractivity contribution is -0.131. The van der Waals surface area contributed by atoms with Gasteiger partial charge in [-0.1, -0.05) is 48.5 Å². The van der Waals surface area contributed by atoms with E-state index in [1.165, 1.54) is 25.3 Å². The Kier molecular flexibility index (Phi) is 7.47. The van der Waals surface area contributed by atoms with E-state index < -0.39 is 10.0 Å². The van der Waals surface area contributed by atoms with Crippen LogP contribution >= 0.6 is 0 Å². The third kappa shape index (κ3) is 5.70. The molecule has 0 bridgehead atoms. The Morgan fingerprint density at radius 1 is 0.897 bits per heavy atom. The minimum Gasteiger partial charge on any atom is -0.496 e. The number of hydrogen-bond acceptors (Lipinski definition) is 6. The van der Waals surface area contributed by atoms with Crippen LogP contribution in [-0.2, 0) is 21.2 Å². The van der Waals surface area contributed by atoms with Crippen LogP contribution in [0.15, 0.2) is 90.0 Å². The van der Waals surface area contributed by atoms with Crippen molar-refractivity contribution in [3.05, 3.63) is 96.2 Å². The number of rotatable bonds is 7. The number of pyridine rings is 1. The number of fused-ring (bicyclic) bond motifs is 1. The number of piperazine rings is 1. The number of benzene rings is 3. The number of methoxy groups -OCH3 is 1. The molecule has 0 spiro atoms. The van der Waals surface area contributed by atoms with Crippen LogP contribution in [0, 0.1) is 0 Å². The summed E-state index contributed by atoms with van der Waals surface area (Å²) in [6.45, 7) is 1.67. The number of ether oxygens (including phenoxy) is 1. The lowest BCUT2D eigenvalue weighted by Crippen LogP contribution is -2.51. The lowest BCUT2D eigenvalue weighted by Gasteiger charge is -2.35. The van der Waals surface area contributed by atoms with Crippen LogP contribution in [0.3, 0.4) is 0 Å². The van der Waals surface area contributed by atoms with Crippen LogP contribution in [0.5, 0.6) is 5.75 Å². The molecule has 10 heteroatoms. The zero-order valence-corrected chi connectivity index (χ0v) is 22.2. The fourth-order valence-corrected chi connectivity index (χ4v) is 5.88. The quantitative estimate of drug-likeness (QED) is 0.381. The summed E-state index contributed by atoms with van der Waals surface area (Å²) in [4.78, 5) is 33.7. The second-order valence-electron chi connectivity index (χ2n) is 9.19. The van der Waals surface area contributed by atoms with E-state index in [4.69, 9.17) is 4.74 Å². The molecule has 5 rings (SSSR count). The summed E-state index contributed by atoms with van der Waals surface area (Å²) < 4.78 is 34.4.